The van der Waals surface area contributed by atoms with Gasteiger partial charge in [-0.3, -0.25) is 9.59 Å². The summed E-state index contributed by atoms with van der Waals surface area (Å²) in [5, 5.41) is 6.11. The number of ether oxygens (including phenoxy) is 1. The number of hydrogen-bond acceptors (Lipinski definition) is 4. The molecule has 0 aromatic heterocycles. The first kappa shape index (κ1) is 16.2. The summed E-state index contributed by atoms with van der Waals surface area (Å²) in [6.07, 6.45) is 2.45. The first-order valence-electron chi connectivity index (χ1n) is 7.50. The number of rotatable bonds is 6. The Bertz CT molecular complexity index is 581. The Morgan fingerprint density at radius 3 is 2.91 bits per heavy atom. The lowest BCUT2D eigenvalue weighted by Gasteiger charge is -2.18. The van der Waals surface area contributed by atoms with Crippen molar-refractivity contribution in [1.82, 2.24) is 10.6 Å². The van der Waals surface area contributed by atoms with Gasteiger partial charge >= 0.3 is 0 Å². The quantitative estimate of drug-likeness (QED) is 0.620. The molecule has 1 unspecified atom stereocenters. The topological polar surface area (TPSA) is 67.4 Å². The number of nitrogens with one attached hydrogen (secondary N) is 2. The van der Waals surface area contributed by atoms with E-state index in [1.54, 1.807) is 31.2 Å². The molecular weight excluding hydrogens is 280 g/mol. The van der Waals surface area contributed by atoms with Crippen LogP contribution in [-0.4, -0.2) is 37.4 Å². The van der Waals surface area contributed by atoms with Gasteiger partial charge in [0.05, 0.1) is 0 Å². The molecule has 0 bridgehead atoms. The second-order valence-corrected chi connectivity index (χ2v) is 5.38. The monoisotopic (exact) mass is 302 g/mol. The Labute approximate surface area is 130 Å². The molecule has 118 valence electrons. The van der Waals surface area contributed by atoms with E-state index >= 15 is 0 Å². The number of hydrogen-bond donors (Lipinski definition) is 2. The van der Waals surface area contributed by atoms with E-state index in [1.807, 2.05) is 0 Å². The van der Waals surface area contributed by atoms with Gasteiger partial charge in [-0.1, -0.05) is 23.8 Å². The summed E-state index contributed by atoms with van der Waals surface area (Å²) in [5.74, 6) is 0.337. The lowest BCUT2D eigenvalue weighted by Crippen LogP contribution is -2.38. The molecule has 1 atom stereocenters. The van der Waals surface area contributed by atoms with E-state index in [1.165, 1.54) is 12.5 Å². The third kappa shape index (κ3) is 4.70. The lowest BCUT2D eigenvalue weighted by atomic mass is 10.1. The van der Waals surface area contributed by atoms with Gasteiger partial charge in [0, 0.05) is 18.7 Å². The molecule has 0 fully saturated rings. The van der Waals surface area contributed by atoms with Crippen molar-refractivity contribution in [1.29, 1.82) is 0 Å². The van der Waals surface area contributed by atoms with E-state index < -0.39 is 6.10 Å². The predicted molar refractivity (Wildman–Crippen MR) is 85.1 cm³/mol. The van der Waals surface area contributed by atoms with Gasteiger partial charge in [-0.25, -0.2) is 0 Å². The molecule has 0 aliphatic carbocycles. The molecule has 2 rings (SSSR count). The maximum atomic E-state index is 12.1. The minimum Gasteiger partial charge on any atom is -0.481 e. The van der Waals surface area contributed by atoms with E-state index in [0.29, 0.717) is 17.9 Å². The van der Waals surface area contributed by atoms with Crippen molar-refractivity contribution in [3.05, 3.63) is 41.5 Å². The summed E-state index contributed by atoms with van der Waals surface area (Å²) in [6.45, 7) is 5.57. The maximum Gasteiger partial charge on any atom is 0.261 e. The Morgan fingerprint density at radius 1 is 1.41 bits per heavy atom. The zero-order chi connectivity index (χ0) is 15.9. The van der Waals surface area contributed by atoms with Crippen LogP contribution in [0.5, 0.6) is 5.75 Å². The summed E-state index contributed by atoms with van der Waals surface area (Å²) in [6, 6.07) is 6.87. The van der Waals surface area contributed by atoms with Crippen molar-refractivity contribution in [2.75, 3.05) is 19.6 Å². The number of amides is 1. The van der Waals surface area contributed by atoms with Crippen LogP contribution in [0.4, 0.5) is 0 Å². The molecule has 1 aromatic carbocycles. The summed E-state index contributed by atoms with van der Waals surface area (Å²) in [4.78, 5) is 23.4. The van der Waals surface area contributed by atoms with Gasteiger partial charge in [0.1, 0.15) is 5.75 Å². The Hall–Kier alpha value is -2.14. The zero-order valence-electron chi connectivity index (χ0n) is 13.0. The minimum absolute atomic E-state index is 0.0274. The molecular formula is C17H22N2O3. The second-order valence-electron chi connectivity index (χ2n) is 5.38. The molecule has 0 saturated heterocycles. The molecule has 1 heterocycles. The van der Waals surface area contributed by atoms with Crippen molar-refractivity contribution < 1.29 is 14.3 Å². The number of Topliss-reactive ketones (excluding diaryl/α,β-unsaturated/α-hetero) is 1. The van der Waals surface area contributed by atoms with E-state index in [4.69, 9.17) is 4.74 Å². The van der Waals surface area contributed by atoms with Crippen molar-refractivity contribution >= 4 is 11.7 Å². The molecule has 5 heteroatoms. The molecule has 1 aromatic rings. The average molecular weight is 302 g/mol. The highest BCUT2D eigenvalue weighted by Crippen LogP contribution is 2.15. The Morgan fingerprint density at radius 2 is 2.23 bits per heavy atom. The number of benzene rings is 1. The number of carbonyl (C=O) groups is 2. The van der Waals surface area contributed by atoms with Gasteiger partial charge in [0.15, 0.2) is 11.9 Å². The van der Waals surface area contributed by atoms with Gasteiger partial charge in [0.2, 0.25) is 0 Å². The highest BCUT2D eigenvalue weighted by atomic mass is 16.5. The molecule has 1 amide bonds. The molecule has 5 nitrogen and oxygen atoms in total. The van der Waals surface area contributed by atoms with E-state index in [-0.39, 0.29) is 11.7 Å². The zero-order valence-corrected chi connectivity index (χ0v) is 13.0. The fourth-order valence-electron chi connectivity index (χ4n) is 2.22. The standard InChI is InChI=1S/C17H22N2O3/c1-12(20)15-4-3-5-16(10-15)22-13(2)17(21)19-11-14-6-8-18-9-7-14/h3-6,10,13,18H,7-9,11H2,1-2H3,(H,19,21). The second kappa shape index (κ2) is 7.75. The van der Waals surface area contributed by atoms with Gasteiger partial charge in [-0.2, -0.15) is 0 Å². The molecule has 1 aliphatic heterocycles. The van der Waals surface area contributed by atoms with Crippen LogP contribution in [0, 0.1) is 0 Å². The largest absolute Gasteiger partial charge is 0.481 e. The number of ketones is 1. The third-order valence-corrected chi connectivity index (χ3v) is 3.57. The van der Waals surface area contributed by atoms with Crippen LogP contribution >= 0.6 is 0 Å². The van der Waals surface area contributed by atoms with Gasteiger partial charge in [-0.05, 0) is 38.9 Å². The highest BCUT2D eigenvalue weighted by Gasteiger charge is 2.15. The molecule has 1 aliphatic rings. The predicted octanol–water partition coefficient (Wildman–Crippen LogP) is 1.69. The molecule has 22 heavy (non-hydrogen) atoms. The normalized spacial score (nSPS) is 15.6. The van der Waals surface area contributed by atoms with Crippen molar-refractivity contribution in [3.8, 4) is 5.75 Å². The molecule has 0 radical (unpaired) electrons. The summed E-state index contributed by atoms with van der Waals surface area (Å²) >= 11 is 0. The van der Waals surface area contributed by atoms with E-state index in [2.05, 4.69) is 16.7 Å². The fourth-order valence-corrected chi connectivity index (χ4v) is 2.22. The van der Waals surface area contributed by atoms with Crippen molar-refractivity contribution in [2.24, 2.45) is 0 Å². The lowest BCUT2D eigenvalue weighted by molar-refractivity contribution is -0.127. The van der Waals surface area contributed by atoms with Crippen LogP contribution in [0.3, 0.4) is 0 Å². The van der Waals surface area contributed by atoms with Crippen LogP contribution in [-0.2, 0) is 4.79 Å². The van der Waals surface area contributed by atoms with Crippen LogP contribution in [0.1, 0.15) is 30.6 Å². The van der Waals surface area contributed by atoms with E-state index in [9.17, 15) is 9.59 Å². The van der Waals surface area contributed by atoms with Crippen LogP contribution in [0.2, 0.25) is 0 Å². The first-order valence-corrected chi connectivity index (χ1v) is 7.50. The molecule has 0 spiro atoms. The SMILES string of the molecule is CC(=O)c1cccc(OC(C)C(=O)NCC2=CCNCC2)c1. The number of carbonyl (C=O) groups excluding carboxylic acids is 2. The summed E-state index contributed by atoms with van der Waals surface area (Å²) in [7, 11) is 0. The van der Waals surface area contributed by atoms with Gasteiger partial charge in [0.25, 0.3) is 5.91 Å². The Balaban J connectivity index is 1.86. The van der Waals surface area contributed by atoms with Crippen LogP contribution in [0.25, 0.3) is 0 Å². The van der Waals surface area contributed by atoms with Crippen molar-refractivity contribution in [2.45, 2.75) is 26.4 Å². The van der Waals surface area contributed by atoms with E-state index in [0.717, 1.165) is 19.5 Å². The fraction of sp³-hybridized carbons (Fsp3) is 0.412. The van der Waals surface area contributed by atoms with Crippen molar-refractivity contribution in [3.63, 3.8) is 0 Å². The highest BCUT2D eigenvalue weighted by molar-refractivity contribution is 5.94. The van der Waals surface area contributed by atoms with Crippen LogP contribution in [0.15, 0.2) is 35.9 Å². The first-order chi connectivity index (χ1) is 10.6. The third-order valence-electron chi connectivity index (χ3n) is 3.57. The van der Waals surface area contributed by atoms with Gasteiger partial charge in [-0.15, -0.1) is 0 Å². The summed E-state index contributed by atoms with van der Waals surface area (Å²) in [5.41, 5.74) is 1.81. The smallest absolute Gasteiger partial charge is 0.261 e. The molecule has 2 N–H and O–H groups in total. The van der Waals surface area contributed by atoms with Crippen LogP contribution < -0.4 is 15.4 Å². The van der Waals surface area contributed by atoms with Gasteiger partial charge < -0.3 is 15.4 Å². The maximum absolute atomic E-state index is 12.1. The Kier molecular flexibility index (Phi) is 5.72. The summed E-state index contributed by atoms with van der Waals surface area (Å²) < 4.78 is 5.61. The molecule has 0 saturated carbocycles. The average Bonchev–Trinajstić information content (AvgIpc) is 2.53. The minimum atomic E-state index is -0.607.